The Morgan fingerprint density at radius 1 is 1.00 bits per heavy atom. The molecule has 17 heavy (non-hydrogen) atoms. The van der Waals surface area contributed by atoms with E-state index in [1.54, 1.807) is 0 Å². The first-order valence-electron chi connectivity index (χ1n) is 6.37. The van der Waals surface area contributed by atoms with Crippen LogP contribution in [-0.2, 0) is 0 Å². The van der Waals surface area contributed by atoms with Gasteiger partial charge in [-0.05, 0) is 41.1 Å². The van der Waals surface area contributed by atoms with Gasteiger partial charge in [0.1, 0.15) is 0 Å². The van der Waals surface area contributed by atoms with Crippen LogP contribution in [0.15, 0.2) is 42.5 Å². The predicted molar refractivity (Wildman–Crippen MR) is 73.0 cm³/mol. The molecule has 0 bridgehead atoms. The third kappa shape index (κ3) is 2.20. The lowest BCUT2D eigenvalue weighted by molar-refractivity contribution is 0.456. The standard InChI is InChI=1S/C16H18N/c1-12-8-16(11-17-10-12)15-7-6-13-4-2-3-5-14(13)9-15/h2-9,12,16-17H,10-11H2,1H3. The van der Waals surface area contributed by atoms with E-state index < -0.39 is 0 Å². The van der Waals surface area contributed by atoms with Crippen molar-refractivity contribution in [2.24, 2.45) is 5.92 Å². The minimum atomic E-state index is 0.559. The molecule has 1 N–H and O–H groups in total. The molecule has 1 radical (unpaired) electrons. The normalized spacial score (nSPS) is 25.0. The van der Waals surface area contributed by atoms with Gasteiger partial charge in [-0.2, -0.15) is 0 Å². The molecule has 1 aliphatic heterocycles. The van der Waals surface area contributed by atoms with Crippen molar-refractivity contribution in [3.8, 4) is 0 Å². The Morgan fingerprint density at radius 2 is 1.82 bits per heavy atom. The van der Waals surface area contributed by atoms with E-state index in [1.165, 1.54) is 16.3 Å². The van der Waals surface area contributed by atoms with Gasteiger partial charge in [0.15, 0.2) is 0 Å². The van der Waals surface area contributed by atoms with Gasteiger partial charge in [-0.3, -0.25) is 0 Å². The Bertz CT molecular complexity index is 518. The number of piperidine rings is 1. The molecule has 1 heterocycles. The lowest BCUT2D eigenvalue weighted by Gasteiger charge is -2.27. The molecule has 2 aromatic rings. The van der Waals surface area contributed by atoms with Gasteiger partial charge in [-0.1, -0.05) is 49.4 Å². The molecule has 1 saturated heterocycles. The lowest BCUT2D eigenvalue weighted by atomic mass is 9.86. The molecule has 2 aromatic carbocycles. The van der Waals surface area contributed by atoms with Gasteiger partial charge < -0.3 is 5.32 Å². The Kier molecular flexibility index (Phi) is 2.86. The maximum atomic E-state index is 3.50. The first kappa shape index (κ1) is 10.8. The molecule has 1 aliphatic rings. The molecule has 0 spiro atoms. The smallest absolute Gasteiger partial charge is 0.00231 e. The molecule has 2 unspecified atom stereocenters. The van der Waals surface area contributed by atoms with Crippen LogP contribution >= 0.6 is 0 Å². The molecule has 0 aromatic heterocycles. The minimum Gasteiger partial charge on any atom is -0.316 e. The molecule has 2 atom stereocenters. The second kappa shape index (κ2) is 4.50. The topological polar surface area (TPSA) is 12.0 Å². The molecule has 3 rings (SSSR count). The Morgan fingerprint density at radius 3 is 2.65 bits per heavy atom. The summed E-state index contributed by atoms with van der Waals surface area (Å²) in [7, 11) is 0. The summed E-state index contributed by atoms with van der Waals surface area (Å²) < 4.78 is 0. The van der Waals surface area contributed by atoms with Crippen molar-refractivity contribution in [2.75, 3.05) is 13.1 Å². The van der Waals surface area contributed by atoms with Crippen molar-refractivity contribution >= 4 is 10.8 Å². The fraction of sp³-hybridized carbons (Fsp3) is 0.312. The van der Waals surface area contributed by atoms with Gasteiger partial charge in [-0.15, -0.1) is 0 Å². The second-order valence-electron chi connectivity index (χ2n) is 5.04. The predicted octanol–water partition coefficient (Wildman–Crippen LogP) is 3.37. The maximum Gasteiger partial charge on any atom is 0.00231 e. The average Bonchev–Trinajstić information content (AvgIpc) is 2.38. The zero-order chi connectivity index (χ0) is 11.7. The first-order chi connectivity index (χ1) is 8.33. The number of nitrogens with one attached hydrogen (secondary N) is 1. The Balaban J connectivity index is 1.94. The first-order valence-corrected chi connectivity index (χ1v) is 6.37. The van der Waals surface area contributed by atoms with Crippen molar-refractivity contribution in [3.63, 3.8) is 0 Å². The summed E-state index contributed by atoms with van der Waals surface area (Å²) in [5.74, 6) is 1.23. The summed E-state index contributed by atoms with van der Waals surface area (Å²) in [5.41, 5.74) is 1.43. The van der Waals surface area contributed by atoms with Crippen LogP contribution in [0.3, 0.4) is 0 Å². The van der Waals surface area contributed by atoms with E-state index in [9.17, 15) is 0 Å². The second-order valence-corrected chi connectivity index (χ2v) is 5.04. The largest absolute Gasteiger partial charge is 0.316 e. The van der Waals surface area contributed by atoms with Gasteiger partial charge in [0.25, 0.3) is 0 Å². The van der Waals surface area contributed by atoms with Crippen LogP contribution in [-0.4, -0.2) is 13.1 Å². The monoisotopic (exact) mass is 224 g/mol. The molecule has 1 heteroatoms. The van der Waals surface area contributed by atoms with Gasteiger partial charge in [0, 0.05) is 6.54 Å². The summed E-state index contributed by atoms with van der Waals surface area (Å²) in [5, 5.41) is 6.17. The summed E-state index contributed by atoms with van der Waals surface area (Å²) in [6.07, 6.45) is 2.47. The average molecular weight is 224 g/mol. The minimum absolute atomic E-state index is 0.559. The number of fused-ring (bicyclic) bond motifs is 1. The van der Waals surface area contributed by atoms with Crippen molar-refractivity contribution in [3.05, 3.63) is 54.4 Å². The summed E-state index contributed by atoms with van der Waals surface area (Å²) in [6, 6.07) is 15.4. The van der Waals surface area contributed by atoms with Crippen LogP contribution in [0.4, 0.5) is 0 Å². The van der Waals surface area contributed by atoms with E-state index >= 15 is 0 Å². The quantitative estimate of drug-likeness (QED) is 0.783. The number of benzene rings is 2. The van der Waals surface area contributed by atoms with Crippen molar-refractivity contribution in [2.45, 2.75) is 12.8 Å². The van der Waals surface area contributed by atoms with Crippen LogP contribution in [0.1, 0.15) is 18.4 Å². The van der Waals surface area contributed by atoms with Crippen LogP contribution in [0.5, 0.6) is 0 Å². The van der Waals surface area contributed by atoms with E-state index in [0.717, 1.165) is 13.1 Å². The van der Waals surface area contributed by atoms with Crippen LogP contribution in [0.25, 0.3) is 10.8 Å². The number of hydrogen-bond donors (Lipinski definition) is 1. The molecular weight excluding hydrogens is 206 g/mol. The highest BCUT2D eigenvalue weighted by Gasteiger charge is 2.20. The summed E-state index contributed by atoms with van der Waals surface area (Å²) in [4.78, 5) is 0. The third-order valence-corrected chi connectivity index (χ3v) is 3.59. The molecule has 87 valence electrons. The van der Waals surface area contributed by atoms with E-state index in [-0.39, 0.29) is 0 Å². The van der Waals surface area contributed by atoms with Crippen LogP contribution in [0, 0.1) is 12.3 Å². The van der Waals surface area contributed by atoms with E-state index in [1.807, 2.05) is 0 Å². The Labute approximate surface area is 103 Å². The van der Waals surface area contributed by atoms with Crippen molar-refractivity contribution in [1.82, 2.24) is 5.32 Å². The highest BCUT2D eigenvalue weighted by atomic mass is 14.9. The molecule has 0 aliphatic carbocycles. The van der Waals surface area contributed by atoms with Gasteiger partial charge in [0.2, 0.25) is 0 Å². The van der Waals surface area contributed by atoms with Crippen LogP contribution < -0.4 is 5.32 Å². The van der Waals surface area contributed by atoms with Crippen molar-refractivity contribution in [1.29, 1.82) is 0 Å². The fourth-order valence-electron chi connectivity index (χ4n) is 2.67. The molecule has 0 saturated carbocycles. The molecular formula is C16H18N. The Hall–Kier alpha value is -1.34. The lowest BCUT2D eigenvalue weighted by Crippen LogP contribution is -2.34. The van der Waals surface area contributed by atoms with E-state index in [4.69, 9.17) is 0 Å². The zero-order valence-corrected chi connectivity index (χ0v) is 10.2. The molecule has 0 amide bonds. The molecule has 1 fully saturated rings. The third-order valence-electron chi connectivity index (χ3n) is 3.59. The van der Waals surface area contributed by atoms with Crippen molar-refractivity contribution < 1.29 is 0 Å². The van der Waals surface area contributed by atoms with Gasteiger partial charge >= 0.3 is 0 Å². The molecule has 1 nitrogen and oxygen atoms in total. The van der Waals surface area contributed by atoms with E-state index in [2.05, 4.69) is 61.1 Å². The summed E-state index contributed by atoms with van der Waals surface area (Å²) in [6.45, 7) is 4.47. The SMILES string of the molecule is CC1[CH]C(c2ccc3ccccc3c2)CNC1. The highest BCUT2D eigenvalue weighted by molar-refractivity contribution is 5.83. The van der Waals surface area contributed by atoms with Gasteiger partial charge in [0.05, 0.1) is 0 Å². The van der Waals surface area contributed by atoms with Gasteiger partial charge in [-0.25, -0.2) is 0 Å². The fourth-order valence-corrected chi connectivity index (χ4v) is 2.67. The zero-order valence-electron chi connectivity index (χ0n) is 10.2. The van der Waals surface area contributed by atoms with Crippen LogP contribution in [0.2, 0.25) is 0 Å². The van der Waals surface area contributed by atoms with E-state index in [0.29, 0.717) is 11.8 Å². The number of rotatable bonds is 1. The maximum absolute atomic E-state index is 3.50. The highest BCUT2D eigenvalue weighted by Crippen LogP contribution is 2.27. The number of hydrogen-bond acceptors (Lipinski definition) is 1. The summed E-state index contributed by atoms with van der Waals surface area (Å²) >= 11 is 0.